The first-order valence-electron chi connectivity index (χ1n) is 5.43. The first-order chi connectivity index (χ1) is 5.93. The Bertz CT molecular complexity index is 97.2. The summed E-state index contributed by atoms with van der Waals surface area (Å²) < 4.78 is 0. The van der Waals surface area contributed by atoms with Gasteiger partial charge in [-0.1, -0.05) is 39.0 Å². The van der Waals surface area contributed by atoms with Crippen LogP contribution in [0.3, 0.4) is 0 Å². The average Bonchev–Trinajstić information content (AvgIpc) is 2.87. The van der Waals surface area contributed by atoms with Gasteiger partial charge in [0.05, 0.1) is 0 Å². The lowest BCUT2D eigenvalue weighted by atomic mass is 10.2. The molecule has 0 aliphatic heterocycles. The van der Waals surface area contributed by atoms with E-state index in [-0.39, 0.29) is 0 Å². The van der Waals surface area contributed by atoms with Gasteiger partial charge in [-0.2, -0.15) is 0 Å². The molecule has 71 valence electrons. The van der Waals surface area contributed by atoms with Gasteiger partial charge in [0, 0.05) is 0 Å². The Morgan fingerprint density at radius 3 is 2.50 bits per heavy atom. The summed E-state index contributed by atoms with van der Waals surface area (Å²) in [6.07, 6.45) is 9.59. The van der Waals surface area contributed by atoms with Crippen molar-refractivity contribution < 1.29 is 0 Å². The third kappa shape index (κ3) is 5.59. The van der Waals surface area contributed by atoms with Gasteiger partial charge in [-0.05, 0) is 31.8 Å². The van der Waals surface area contributed by atoms with E-state index in [1.165, 1.54) is 45.1 Å². The lowest BCUT2D eigenvalue weighted by Gasteiger charge is -2.02. The molecular formula is C11H22N. The third-order valence-corrected chi connectivity index (χ3v) is 2.52. The normalized spacial score (nSPS) is 16.8. The van der Waals surface area contributed by atoms with E-state index in [1.807, 2.05) is 0 Å². The first-order valence-corrected chi connectivity index (χ1v) is 5.43. The van der Waals surface area contributed by atoms with Gasteiger partial charge in [-0.3, -0.25) is 0 Å². The fourth-order valence-electron chi connectivity index (χ4n) is 1.46. The van der Waals surface area contributed by atoms with Crippen molar-refractivity contribution in [1.82, 2.24) is 5.32 Å². The Morgan fingerprint density at radius 1 is 1.08 bits per heavy atom. The molecule has 0 saturated heterocycles. The monoisotopic (exact) mass is 168 g/mol. The minimum atomic E-state index is 1.06. The molecule has 1 saturated carbocycles. The van der Waals surface area contributed by atoms with Crippen molar-refractivity contribution in [2.24, 2.45) is 5.92 Å². The largest absolute Gasteiger partial charge is 0.317 e. The van der Waals surface area contributed by atoms with Crippen LogP contribution >= 0.6 is 0 Å². The van der Waals surface area contributed by atoms with Crippen molar-refractivity contribution in [3.8, 4) is 0 Å². The summed E-state index contributed by atoms with van der Waals surface area (Å²) in [5.41, 5.74) is 0. The number of rotatable bonds is 8. The molecule has 1 rings (SSSR count). The zero-order chi connectivity index (χ0) is 8.65. The molecule has 0 aromatic heterocycles. The summed E-state index contributed by atoms with van der Waals surface area (Å²) in [5, 5.41) is 3.44. The van der Waals surface area contributed by atoms with E-state index in [4.69, 9.17) is 0 Å². The first kappa shape index (κ1) is 10.0. The maximum Gasteiger partial charge on any atom is -0.00489 e. The molecule has 1 aliphatic carbocycles. The maximum absolute atomic E-state index is 3.81. The molecule has 0 aromatic carbocycles. The van der Waals surface area contributed by atoms with Gasteiger partial charge in [0.1, 0.15) is 0 Å². The van der Waals surface area contributed by atoms with Crippen LogP contribution in [0.4, 0.5) is 0 Å². The van der Waals surface area contributed by atoms with E-state index in [9.17, 15) is 0 Å². The third-order valence-electron chi connectivity index (χ3n) is 2.52. The zero-order valence-electron chi connectivity index (χ0n) is 8.15. The molecular weight excluding hydrogens is 146 g/mol. The van der Waals surface area contributed by atoms with Gasteiger partial charge >= 0.3 is 0 Å². The molecule has 0 unspecified atom stereocenters. The van der Waals surface area contributed by atoms with Crippen LogP contribution in [0.5, 0.6) is 0 Å². The van der Waals surface area contributed by atoms with Gasteiger partial charge in [0.25, 0.3) is 0 Å². The number of hydrogen-bond acceptors (Lipinski definition) is 1. The van der Waals surface area contributed by atoms with Crippen molar-refractivity contribution in [1.29, 1.82) is 0 Å². The molecule has 0 aromatic rings. The standard InChI is InChI=1S/C11H22N/c1-2-3-9-12-10-5-4-6-11-7-8-11/h11-12H,1-10H2. The minimum Gasteiger partial charge on any atom is -0.317 e. The van der Waals surface area contributed by atoms with Crippen molar-refractivity contribution in [3.05, 3.63) is 6.92 Å². The van der Waals surface area contributed by atoms with Crippen LogP contribution in [0.25, 0.3) is 0 Å². The van der Waals surface area contributed by atoms with Crippen LogP contribution in [0.15, 0.2) is 0 Å². The summed E-state index contributed by atoms with van der Waals surface area (Å²) >= 11 is 0. The molecule has 0 spiro atoms. The van der Waals surface area contributed by atoms with Crippen LogP contribution in [0, 0.1) is 12.8 Å². The van der Waals surface area contributed by atoms with Gasteiger partial charge in [-0.25, -0.2) is 0 Å². The van der Waals surface area contributed by atoms with E-state index >= 15 is 0 Å². The predicted octanol–water partition coefficient (Wildman–Crippen LogP) is 2.77. The summed E-state index contributed by atoms with van der Waals surface area (Å²) in [5.74, 6) is 1.12. The van der Waals surface area contributed by atoms with Crippen LogP contribution < -0.4 is 5.32 Å². The molecule has 0 bridgehead atoms. The summed E-state index contributed by atoms with van der Waals surface area (Å²) in [6, 6.07) is 0. The van der Waals surface area contributed by atoms with Gasteiger partial charge in [0.2, 0.25) is 0 Å². The summed E-state index contributed by atoms with van der Waals surface area (Å²) in [6.45, 7) is 6.19. The second-order valence-electron chi connectivity index (χ2n) is 3.90. The van der Waals surface area contributed by atoms with Gasteiger partial charge < -0.3 is 5.32 Å². The van der Waals surface area contributed by atoms with Crippen LogP contribution in [-0.2, 0) is 0 Å². The maximum atomic E-state index is 3.81. The molecule has 0 heterocycles. The van der Waals surface area contributed by atoms with E-state index in [2.05, 4.69) is 12.2 Å². The minimum absolute atomic E-state index is 1.06. The Hall–Kier alpha value is -0.0400. The highest BCUT2D eigenvalue weighted by molar-refractivity contribution is 4.72. The fraction of sp³-hybridized carbons (Fsp3) is 0.909. The molecule has 1 N–H and O–H groups in total. The predicted molar refractivity (Wildman–Crippen MR) is 54.0 cm³/mol. The molecule has 12 heavy (non-hydrogen) atoms. The van der Waals surface area contributed by atoms with E-state index in [0.29, 0.717) is 0 Å². The Balaban J connectivity index is 1.65. The second-order valence-corrected chi connectivity index (χ2v) is 3.90. The van der Waals surface area contributed by atoms with E-state index in [1.54, 1.807) is 0 Å². The Labute approximate surface area is 76.9 Å². The van der Waals surface area contributed by atoms with Crippen molar-refractivity contribution in [3.63, 3.8) is 0 Å². The highest BCUT2D eigenvalue weighted by Gasteiger charge is 2.19. The van der Waals surface area contributed by atoms with Gasteiger partial charge in [-0.15, -0.1) is 0 Å². The highest BCUT2D eigenvalue weighted by atomic mass is 14.8. The molecule has 1 aliphatic rings. The Kier molecular flexibility index (Phi) is 5.42. The molecule has 0 atom stereocenters. The van der Waals surface area contributed by atoms with Crippen LogP contribution in [-0.4, -0.2) is 13.1 Å². The van der Waals surface area contributed by atoms with Crippen LogP contribution in [0.1, 0.15) is 44.9 Å². The number of hydrogen-bond donors (Lipinski definition) is 1. The summed E-state index contributed by atoms with van der Waals surface area (Å²) in [4.78, 5) is 0. The number of unbranched alkanes of at least 4 members (excludes halogenated alkanes) is 2. The zero-order valence-corrected chi connectivity index (χ0v) is 8.15. The second kappa shape index (κ2) is 6.47. The van der Waals surface area contributed by atoms with Gasteiger partial charge in [0.15, 0.2) is 0 Å². The quantitative estimate of drug-likeness (QED) is 0.549. The molecule has 1 radical (unpaired) electrons. The molecule has 0 amide bonds. The highest BCUT2D eigenvalue weighted by Crippen LogP contribution is 2.33. The van der Waals surface area contributed by atoms with Crippen LogP contribution in [0.2, 0.25) is 0 Å². The number of nitrogens with one attached hydrogen (secondary N) is 1. The molecule has 1 nitrogen and oxygen atoms in total. The Morgan fingerprint density at radius 2 is 1.83 bits per heavy atom. The van der Waals surface area contributed by atoms with Crippen molar-refractivity contribution in [2.75, 3.05) is 13.1 Å². The summed E-state index contributed by atoms with van der Waals surface area (Å²) in [7, 11) is 0. The smallest absolute Gasteiger partial charge is 0.00489 e. The fourth-order valence-corrected chi connectivity index (χ4v) is 1.46. The molecule has 1 heteroatoms. The van der Waals surface area contributed by atoms with Crippen molar-refractivity contribution in [2.45, 2.75) is 44.9 Å². The average molecular weight is 168 g/mol. The lowest BCUT2D eigenvalue weighted by molar-refractivity contribution is 0.572. The SMILES string of the molecule is [CH2]CCCNCCCCC1CC1. The van der Waals surface area contributed by atoms with E-state index in [0.717, 1.165) is 18.9 Å². The topological polar surface area (TPSA) is 12.0 Å². The lowest BCUT2D eigenvalue weighted by Crippen LogP contribution is -2.16. The molecule has 1 fully saturated rings. The van der Waals surface area contributed by atoms with E-state index < -0.39 is 0 Å². The van der Waals surface area contributed by atoms with Crippen molar-refractivity contribution >= 4 is 0 Å².